The lowest BCUT2D eigenvalue weighted by atomic mass is 10.2. The Kier molecular flexibility index (Phi) is 18.5. The van der Waals surface area contributed by atoms with Crippen molar-refractivity contribution in [1.82, 2.24) is 0 Å². The van der Waals surface area contributed by atoms with E-state index in [2.05, 4.69) is 101 Å². The monoisotopic (exact) mass is 964 g/mol. The third-order valence-corrected chi connectivity index (χ3v) is 8.33. The largest absolute Gasteiger partial charge is 0.508 e. The molecule has 8 nitrogen and oxygen atoms in total. The highest BCUT2D eigenvalue weighted by Gasteiger charge is 2.07. The molecule has 4 rings (SSSR count). The third kappa shape index (κ3) is 15.9. The van der Waals surface area contributed by atoms with Crippen molar-refractivity contribution in [1.29, 1.82) is 0 Å². The highest BCUT2D eigenvalue weighted by molar-refractivity contribution is 9.11. The summed E-state index contributed by atoms with van der Waals surface area (Å²) in [6.07, 6.45) is 0. The molecule has 4 aromatic rings. The Hall–Kier alpha value is -2.58. The summed E-state index contributed by atoms with van der Waals surface area (Å²) in [5, 5.41) is 10.0. The molecule has 0 heterocycles. The number of aromatic hydroxyl groups is 1. The first-order valence-corrected chi connectivity index (χ1v) is 18.0. The number of benzene rings is 4. The lowest BCUT2D eigenvalue weighted by Gasteiger charge is -2.11. The van der Waals surface area contributed by atoms with Crippen molar-refractivity contribution in [2.24, 2.45) is 0 Å². The van der Waals surface area contributed by atoms with E-state index >= 15 is 0 Å². The predicted molar refractivity (Wildman–Crippen MR) is 200 cm³/mol. The van der Waals surface area contributed by atoms with E-state index in [-0.39, 0.29) is 19.0 Å². The van der Waals surface area contributed by atoms with E-state index in [9.17, 15) is 9.59 Å². The number of ether oxygens (including phenoxy) is 5. The lowest BCUT2D eigenvalue weighted by Crippen LogP contribution is -2.13. The van der Waals surface area contributed by atoms with Crippen LogP contribution in [-0.4, -0.2) is 44.5 Å². The van der Waals surface area contributed by atoms with E-state index in [0.29, 0.717) is 18.1 Å². The summed E-state index contributed by atoms with van der Waals surface area (Å²) in [6.45, 7) is 3.91. The molecule has 4 aromatic carbocycles. The normalized spacial score (nSPS) is 9.98. The van der Waals surface area contributed by atoms with Crippen molar-refractivity contribution < 1.29 is 38.4 Å². The molecule has 0 aliphatic heterocycles. The summed E-state index contributed by atoms with van der Waals surface area (Å²) >= 11 is 17.1. The lowest BCUT2D eigenvalue weighted by molar-refractivity contribution is -0.143. The van der Waals surface area contributed by atoms with Crippen LogP contribution in [0.5, 0.6) is 23.0 Å². The number of halogens is 5. The minimum absolute atomic E-state index is 0.108. The van der Waals surface area contributed by atoms with E-state index in [1.54, 1.807) is 25.1 Å². The molecule has 0 amide bonds. The molecule has 1 N–H and O–H groups in total. The standard InChI is InChI=1S/C17H16Br2O4.C10H12O4.C7H5Br3/c1-11-5-15(3-4-16(11)23-10-17(20)21-2)22-9-12-6-13(18)8-14(19)7-12;1-7-5-8(11)3-4-9(7)14-6-10(12)13-2;8-4-5-1-6(9)3-7(10)2-5/h3-8H,9-10H2,1-2H3;3-5,11H,6H2,1-2H3;1-3H,4H2. The smallest absolute Gasteiger partial charge is 0.343 e. The Balaban J connectivity index is 0.000000271. The number of methoxy groups -OCH3 is 2. The van der Waals surface area contributed by atoms with Gasteiger partial charge in [-0.05, 0) is 109 Å². The molecule has 0 fully saturated rings. The highest BCUT2D eigenvalue weighted by Crippen LogP contribution is 2.26. The van der Waals surface area contributed by atoms with Gasteiger partial charge in [0, 0.05) is 23.2 Å². The Bertz CT molecular complexity index is 1590. The number of carbonyl (C=O) groups is 2. The van der Waals surface area contributed by atoms with Crippen molar-refractivity contribution in [3.63, 3.8) is 0 Å². The average Bonchev–Trinajstić information content (AvgIpc) is 3.02. The van der Waals surface area contributed by atoms with Crippen LogP contribution in [0.2, 0.25) is 0 Å². The summed E-state index contributed by atoms with van der Waals surface area (Å²) in [6, 6.07) is 22.3. The predicted octanol–water partition coefficient (Wildman–Crippen LogP) is 10.0. The van der Waals surface area contributed by atoms with E-state index in [1.165, 1.54) is 25.8 Å². The van der Waals surface area contributed by atoms with Gasteiger partial charge in [-0.1, -0.05) is 79.6 Å². The number of hydrogen-bond donors (Lipinski definition) is 1. The SMILES string of the molecule is BrCc1cc(Br)cc(Br)c1.COC(=O)COc1ccc(O)cc1C.COC(=O)COc1ccc(OCc2cc(Br)cc(Br)c2)cc1C. The van der Waals surface area contributed by atoms with E-state index in [4.69, 9.17) is 19.3 Å². The van der Waals surface area contributed by atoms with Gasteiger partial charge in [0.25, 0.3) is 0 Å². The number of rotatable bonds is 10. The molecule has 0 aromatic heterocycles. The summed E-state index contributed by atoms with van der Waals surface area (Å²) in [5.74, 6) is 1.26. The van der Waals surface area contributed by atoms with Crippen LogP contribution in [-0.2, 0) is 31.0 Å². The Labute approximate surface area is 316 Å². The molecule has 0 saturated carbocycles. The fourth-order valence-corrected chi connectivity index (χ4v) is 6.71. The van der Waals surface area contributed by atoms with Crippen molar-refractivity contribution in [3.8, 4) is 23.0 Å². The van der Waals surface area contributed by atoms with Crippen LogP contribution < -0.4 is 14.2 Å². The maximum atomic E-state index is 11.1. The molecule has 0 atom stereocenters. The molecule has 47 heavy (non-hydrogen) atoms. The maximum Gasteiger partial charge on any atom is 0.343 e. The Morgan fingerprint density at radius 3 is 1.49 bits per heavy atom. The number of phenolic OH excluding ortho intramolecular Hbond substituents is 1. The summed E-state index contributed by atoms with van der Waals surface area (Å²) in [4.78, 5) is 21.9. The number of carbonyl (C=O) groups excluding carboxylic acids is 2. The molecule has 252 valence electrons. The first-order chi connectivity index (χ1) is 22.3. The number of hydrogen-bond acceptors (Lipinski definition) is 8. The zero-order valence-electron chi connectivity index (χ0n) is 26.0. The van der Waals surface area contributed by atoms with Crippen LogP contribution >= 0.6 is 79.6 Å². The van der Waals surface area contributed by atoms with Gasteiger partial charge in [-0.3, -0.25) is 0 Å². The van der Waals surface area contributed by atoms with Crippen LogP contribution in [0.4, 0.5) is 0 Å². The zero-order chi connectivity index (χ0) is 34.9. The zero-order valence-corrected chi connectivity index (χ0v) is 33.9. The van der Waals surface area contributed by atoms with Crippen molar-refractivity contribution >= 4 is 91.6 Å². The van der Waals surface area contributed by atoms with Crippen LogP contribution in [0.15, 0.2) is 90.7 Å². The fraction of sp³-hybridized carbons (Fsp3) is 0.235. The van der Waals surface area contributed by atoms with Crippen molar-refractivity contribution in [3.05, 3.63) is 113 Å². The van der Waals surface area contributed by atoms with Crippen molar-refractivity contribution in [2.75, 3.05) is 27.4 Å². The molecule has 0 radical (unpaired) electrons. The summed E-state index contributed by atoms with van der Waals surface area (Å²) < 4.78 is 29.5. The van der Waals surface area contributed by atoms with Gasteiger partial charge >= 0.3 is 11.9 Å². The third-order valence-electron chi connectivity index (χ3n) is 5.86. The molecular weight excluding hydrogens is 936 g/mol. The maximum absolute atomic E-state index is 11.1. The van der Waals surface area contributed by atoms with Gasteiger partial charge in [0.05, 0.1) is 14.2 Å². The number of esters is 2. The molecule has 0 unspecified atom stereocenters. The molecule has 0 aliphatic rings. The topological polar surface area (TPSA) is 101 Å². The van der Waals surface area contributed by atoms with Crippen LogP contribution in [0.1, 0.15) is 22.3 Å². The molecular formula is C34H33Br5O8. The van der Waals surface area contributed by atoms with Crippen LogP contribution in [0.3, 0.4) is 0 Å². The first-order valence-electron chi connectivity index (χ1n) is 13.7. The highest BCUT2D eigenvalue weighted by atomic mass is 79.9. The van der Waals surface area contributed by atoms with Gasteiger partial charge < -0.3 is 28.8 Å². The van der Waals surface area contributed by atoms with E-state index in [0.717, 1.165) is 45.7 Å². The van der Waals surface area contributed by atoms with E-state index in [1.807, 2.05) is 43.3 Å². The molecule has 0 spiro atoms. The van der Waals surface area contributed by atoms with Gasteiger partial charge in [-0.15, -0.1) is 0 Å². The Morgan fingerprint density at radius 1 is 0.617 bits per heavy atom. The second-order valence-electron chi connectivity index (χ2n) is 9.58. The molecule has 0 aliphatic carbocycles. The number of aryl methyl sites for hydroxylation is 2. The van der Waals surface area contributed by atoms with Gasteiger partial charge in [0.1, 0.15) is 29.6 Å². The van der Waals surface area contributed by atoms with Gasteiger partial charge in [-0.25, -0.2) is 9.59 Å². The van der Waals surface area contributed by atoms with Gasteiger partial charge in [-0.2, -0.15) is 0 Å². The summed E-state index contributed by atoms with van der Waals surface area (Å²) in [5.41, 5.74) is 3.98. The quantitative estimate of drug-likeness (QED) is 0.124. The second kappa shape index (κ2) is 21.4. The second-order valence-corrected chi connectivity index (χ2v) is 13.8. The molecule has 0 saturated heterocycles. The fourth-order valence-electron chi connectivity index (χ4n) is 3.61. The molecule has 13 heteroatoms. The Morgan fingerprint density at radius 2 is 1.06 bits per heavy atom. The minimum atomic E-state index is -0.433. The number of alkyl halides is 1. The van der Waals surface area contributed by atoms with E-state index < -0.39 is 11.9 Å². The van der Waals surface area contributed by atoms with Gasteiger partial charge in [0.15, 0.2) is 13.2 Å². The minimum Gasteiger partial charge on any atom is -0.508 e. The van der Waals surface area contributed by atoms with Crippen LogP contribution in [0, 0.1) is 13.8 Å². The van der Waals surface area contributed by atoms with Crippen LogP contribution in [0.25, 0.3) is 0 Å². The van der Waals surface area contributed by atoms with Gasteiger partial charge in [0.2, 0.25) is 0 Å². The average molecular weight is 969 g/mol. The van der Waals surface area contributed by atoms with Crippen molar-refractivity contribution in [2.45, 2.75) is 25.8 Å². The summed E-state index contributed by atoms with van der Waals surface area (Å²) in [7, 11) is 2.63. The first kappa shape index (κ1) is 40.6. The molecule has 0 bridgehead atoms. The number of phenols is 1.